The molecule has 0 unspecified atom stereocenters. The second kappa shape index (κ2) is 9.73. The van der Waals surface area contributed by atoms with Crippen LogP contribution in [0.1, 0.15) is 55.6 Å². The molecule has 0 radical (unpaired) electrons. The Morgan fingerprint density at radius 1 is 0.964 bits per heavy atom. The molecule has 0 spiro atoms. The summed E-state index contributed by atoms with van der Waals surface area (Å²) in [5.41, 5.74) is 2.79. The Morgan fingerprint density at radius 3 is 2.04 bits per heavy atom. The number of amides is 1. The van der Waals surface area contributed by atoms with Gasteiger partial charge in [0, 0.05) is 18.2 Å². The van der Waals surface area contributed by atoms with E-state index in [-0.39, 0.29) is 23.5 Å². The van der Waals surface area contributed by atoms with E-state index in [1.54, 1.807) is 24.3 Å². The minimum atomic E-state index is -3.55. The van der Waals surface area contributed by atoms with Crippen LogP contribution in [-0.2, 0) is 23.1 Å². The van der Waals surface area contributed by atoms with Crippen molar-refractivity contribution in [3.05, 3.63) is 65.2 Å². The van der Waals surface area contributed by atoms with E-state index in [9.17, 15) is 13.2 Å². The molecule has 0 heterocycles. The van der Waals surface area contributed by atoms with Crippen molar-refractivity contribution >= 4 is 16.0 Å². The van der Waals surface area contributed by atoms with Crippen LogP contribution in [0, 0.1) is 0 Å². The Kier molecular flexibility index (Phi) is 7.63. The lowest BCUT2D eigenvalue weighted by Crippen LogP contribution is -2.37. The molecule has 0 aromatic heterocycles. The molecule has 152 valence electrons. The van der Waals surface area contributed by atoms with Gasteiger partial charge < -0.3 is 9.08 Å². The first kappa shape index (κ1) is 22.0. The van der Waals surface area contributed by atoms with Crippen molar-refractivity contribution in [3.63, 3.8) is 0 Å². The highest BCUT2D eigenvalue weighted by Gasteiger charge is 2.21. The lowest BCUT2D eigenvalue weighted by atomic mass is 10.1. The first-order valence-electron chi connectivity index (χ1n) is 9.70. The summed E-state index contributed by atoms with van der Waals surface area (Å²) in [5.74, 6) is 0.190. The maximum atomic E-state index is 13.1. The van der Waals surface area contributed by atoms with E-state index in [2.05, 4.69) is 13.8 Å². The number of rotatable bonds is 9. The molecule has 28 heavy (non-hydrogen) atoms. The second-order valence-electron chi connectivity index (χ2n) is 6.81. The summed E-state index contributed by atoms with van der Waals surface area (Å²) in [6.45, 7) is 8.15. The standard InChI is InChI=1S/C22H29NO4S/c1-5-17(4)23(22(24)20-12-8-18(6-2)9-13-20)16-19-10-14-21(15-11-19)27-28(25,26)7-3/h8-15,17H,5-7,16H2,1-4H3/t17-/m0/s1. The monoisotopic (exact) mass is 403 g/mol. The van der Waals surface area contributed by atoms with E-state index in [1.807, 2.05) is 36.1 Å². The van der Waals surface area contributed by atoms with Crippen LogP contribution in [0.2, 0.25) is 0 Å². The van der Waals surface area contributed by atoms with Crippen LogP contribution < -0.4 is 4.18 Å². The fourth-order valence-electron chi connectivity index (χ4n) is 2.75. The maximum absolute atomic E-state index is 13.1. The number of nitrogens with zero attached hydrogens (tertiary/aromatic N) is 1. The first-order valence-corrected chi connectivity index (χ1v) is 11.3. The summed E-state index contributed by atoms with van der Waals surface area (Å²) >= 11 is 0. The molecule has 2 rings (SSSR count). The molecule has 1 atom stereocenters. The summed E-state index contributed by atoms with van der Waals surface area (Å²) in [6, 6.07) is 14.6. The molecule has 0 saturated carbocycles. The summed E-state index contributed by atoms with van der Waals surface area (Å²) in [7, 11) is -3.55. The Morgan fingerprint density at radius 2 is 1.54 bits per heavy atom. The normalized spacial score (nSPS) is 12.4. The lowest BCUT2D eigenvalue weighted by Gasteiger charge is -2.29. The van der Waals surface area contributed by atoms with Crippen LogP contribution in [0.25, 0.3) is 0 Å². The maximum Gasteiger partial charge on any atom is 0.308 e. The zero-order chi connectivity index (χ0) is 20.7. The molecule has 0 saturated heterocycles. The molecule has 2 aromatic rings. The summed E-state index contributed by atoms with van der Waals surface area (Å²) in [4.78, 5) is 14.9. The van der Waals surface area contributed by atoms with Crippen LogP contribution in [0.3, 0.4) is 0 Å². The van der Waals surface area contributed by atoms with Gasteiger partial charge in [-0.2, -0.15) is 8.42 Å². The average Bonchev–Trinajstić information content (AvgIpc) is 2.72. The van der Waals surface area contributed by atoms with Crippen molar-refractivity contribution in [2.24, 2.45) is 0 Å². The number of hydrogen-bond acceptors (Lipinski definition) is 4. The Bertz CT molecular complexity index is 874. The van der Waals surface area contributed by atoms with Crippen molar-refractivity contribution < 1.29 is 17.4 Å². The predicted octanol–water partition coefficient (Wildman–Crippen LogP) is 4.42. The first-order chi connectivity index (χ1) is 13.3. The number of carbonyl (C=O) groups is 1. The molecule has 6 heteroatoms. The summed E-state index contributed by atoms with van der Waals surface area (Å²) in [5, 5.41) is 0. The van der Waals surface area contributed by atoms with Gasteiger partial charge in [-0.3, -0.25) is 4.79 Å². The predicted molar refractivity (Wildman–Crippen MR) is 112 cm³/mol. The number of aryl methyl sites for hydroxylation is 1. The van der Waals surface area contributed by atoms with Crippen molar-refractivity contribution in [2.45, 2.75) is 53.1 Å². The van der Waals surface area contributed by atoms with Gasteiger partial charge in [0.2, 0.25) is 0 Å². The molecule has 1 amide bonds. The lowest BCUT2D eigenvalue weighted by molar-refractivity contribution is 0.0671. The third kappa shape index (κ3) is 5.83. The van der Waals surface area contributed by atoms with Crippen molar-refractivity contribution in [3.8, 4) is 5.75 Å². The average molecular weight is 404 g/mol. The highest BCUT2D eigenvalue weighted by Crippen LogP contribution is 2.19. The van der Waals surface area contributed by atoms with E-state index in [0.29, 0.717) is 12.1 Å². The van der Waals surface area contributed by atoms with Gasteiger partial charge in [0.05, 0.1) is 5.75 Å². The minimum absolute atomic E-state index is 0.00843. The molecule has 0 aliphatic carbocycles. The van der Waals surface area contributed by atoms with E-state index in [4.69, 9.17) is 4.18 Å². The highest BCUT2D eigenvalue weighted by atomic mass is 32.2. The van der Waals surface area contributed by atoms with Gasteiger partial charge in [-0.15, -0.1) is 0 Å². The zero-order valence-corrected chi connectivity index (χ0v) is 17.8. The molecule has 0 N–H and O–H groups in total. The van der Waals surface area contributed by atoms with Gasteiger partial charge in [-0.25, -0.2) is 0 Å². The second-order valence-corrected chi connectivity index (χ2v) is 8.67. The molecular weight excluding hydrogens is 374 g/mol. The van der Waals surface area contributed by atoms with Gasteiger partial charge in [0.15, 0.2) is 0 Å². The smallest absolute Gasteiger partial charge is 0.308 e. The van der Waals surface area contributed by atoms with Gasteiger partial charge in [0.25, 0.3) is 5.91 Å². The molecule has 2 aromatic carbocycles. The van der Waals surface area contributed by atoms with Crippen molar-refractivity contribution in [2.75, 3.05) is 5.75 Å². The SMILES string of the molecule is CCc1ccc(C(=O)N(Cc2ccc(OS(=O)(=O)CC)cc2)[C@@H](C)CC)cc1. The van der Waals surface area contributed by atoms with Crippen LogP contribution in [-0.4, -0.2) is 31.0 Å². The van der Waals surface area contributed by atoms with Crippen molar-refractivity contribution in [1.82, 2.24) is 4.90 Å². The molecule has 0 fully saturated rings. The van der Waals surface area contributed by atoms with Crippen molar-refractivity contribution in [1.29, 1.82) is 0 Å². The largest absolute Gasteiger partial charge is 0.382 e. The summed E-state index contributed by atoms with van der Waals surface area (Å²) in [6.07, 6.45) is 1.78. The van der Waals surface area contributed by atoms with E-state index < -0.39 is 10.1 Å². The Balaban J connectivity index is 2.18. The molecule has 5 nitrogen and oxygen atoms in total. The van der Waals surface area contributed by atoms with Gasteiger partial charge in [0.1, 0.15) is 5.75 Å². The van der Waals surface area contributed by atoms with Crippen LogP contribution in [0.5, 0.6) is 5.75 Å². The summed E-state index contributed by atoms with van der Waals surface area (Å²) < 4.78 is 28.2. The fraction of sp³-hybridized carbons (Fsp3) is 0.409. The van der Waals surface area contributed by atoms with Crippen LogP contribution >= 0.6 is 0 Å². The Labute approximate surface area is 168 Å². The van der Waals surface area contributed by atoms with Gasteiger partial charge >= 0.3 is 10.1 Å². The van der Waals surface area contributed by atoms with E-state index in [0.717, 1.165) is 18.4 Å². The van der Waals surface area contributed by atoms with E-state index in [1.165, 1.54) is 12.5 Å². The molecule has 0 aliphatic heterocycles. The van der Waals surface area contributed by atoms with Gasteiger partial charge in [-0.1, -0.05) is 38.1 Å². The third-order valence-electron chi connectivity index (χ3n) is 4.85. The minimum Gasteiger partial charge on any atom is -0.382 e. The quantitative estimate of drug-likeness (QED) is 0.582. The van der Waals surface area contributed by atoms with Crippen LogP contribution in [0.4, 0.5) is 0 Å². The number of hydrogen-bond donors (Lipinski definition) is 0. The fourth-order valence-corrected chi connectivity index (χ4v) is 3.27. The van der Waals surface area contributed by atoms with E-state index >= 15 is 0 Å². The topological polar surface area (TPSA) is 63.7 Å². The van der Waals surface area contributed by atoms with Crippen LogP contribution in [0.15, 0.2) is 48.5 Å². The molecule has 0 bridgehead atoms. The highest BCUT2D eigenvalue weighted by molar-refractivity contribution is 7.87. The van der Waals surface area contributed by atoms with Gasteiger partial charge in [-0.05, 0) is 62.1 Å². The molecular formula is C22H29NO4S. The number of carbonyl (C=O) groups excluding carboxylic acids is 1. The Hall–Kier alpha value is -2.34. The molecule has 0 aliphatic rings. The third-order valence-corrected chi connectivity index (χ3v) is 6.00. The number of benzene rings is 2. The zero-order valence-electron chi connectivity index (χ0n) is 17.0.